The van der Waals surface area contributed by atoms with Crippen molar-refractivity contribution in [2.24, 2.45) is 22.7 Å². The molecule has 150 valence electrons. The zero-order chi connectivity index (χ0) is 19.4. The molecule has 1 aromatic heterocycles. The molecule has 0 spiro atoms. The van der Waals surface area contributed by atoms with Crippen molar-refractivity contribution in [1.82, 2.24) is 9.62 Å². The number of hydrogen-bond acceptors (Lipinski definition) is 4. The smallest absolute Gasteiger partial charge is 0.252 e. The molecule has 5 nitrogen and oxygen atoms in total. The van der Waals surface area contributed by atoms with Crippen LogP contribution in [-0.4, -0.2) is 37.8 Å². The summed E-state index contributed by atoms with van der Waals surface area (Å²) in [4.78, 5) is 12.9. The van der Waals surface area contributed by atoms with Crippen molar-refractivity contribution in [2.75, 3.05) is 13.1 Å². The number of carbonyl (C=O) groups is 1. The Morgan fingerprint density at radius 3 is 2.44 bits per heavy atom. The number of amides is 1. The van der Waals surface area contributed by atoms with Crippen molar-refractivity contribution in [3.63, 3.8) is 0 Å². The van der Waals surface area contributed by atoms with Crippen LogP contribution in [0.5, 0.6) is 0 Å². The third kappa shape index (κ3) is 2.97. The van der Waals surface area contributed by atoms with Crippen LogP contribution in [-0.2, 0) is 14.8 Å². The molecule has 3 atom stereocenters. The van der Waals surface area contributed by atoms with Crippen LogP contribution in [0.3, 0.4) is 0 Å². The van der Waals surface area contributed by atoms with Crippen LogP contribution >= 0.6 is 11.3 Å². The molecule has 2 bridgehead atoms. The van der Waals surface area contributed by atoms with E-state index in [0.29, 0.717) is 36.1 Å². The Morgan fingerprint density at radius 1 is 1.22 bits per heavy atom. The predicted octanol–water partition coefficient (Wildman–Crippen LogP) is 3.48. The Kier molecular flexibility index (Phi) is 4.71. The maximum Gasteiger partial charge on any atom is 0.252 e. The largest absolute Gasteiger partial charge is 0.353 e. The molecule has 0 aromatic carbocycles. The third-order valence-electron chi connectivity index (χ3n) is 8.02. The van der Waals surface area contributed by atoms with E-state index in [1.807, 2.05) is 0 Å². The van der Waals surface area contributed by atoms with E-state index in [0.717, 1.165) is 6.42 Å². The van der Waals surface area contributed by atoms with Crippen LogP contribution in [0.25, 0.3) is 0 Å². The topological polar surface area (TPSA) is 66.5 Å². The van der Waals surface area contributed by atoms with E-state index in [4.69, 9.17) is 0 Å². The SMILES string of the molecule is CC1(C)C2CCC1(C)C(NC(=O)C1CCN(S(=O)(=O)c3cccs3)CC1)C2. The molecule has 1 saturated heterocycles. The van der Waals surface area contributed by atoms with Gasteiger partial charge in [-0.1, -0.05) is 26.8 Å². The van der Waals surface area contributed by atoms with E-state index in [1.165, 1.54) is 28.5 Å². The molecule has 1 amide bonds. The van der Waals surface area contributed by atoms with E-state index in [9.17, 15) is 13.2 Å². The highest BCUT2D eigenvalue weighted by atomic mass is 32.2. The fourth-order valence-corrected chi connectivity index (χ4v) is 8.22. The normalized spacial score (nSPS) is 34.0. The van der Waals surface area contributed by atoms with Gasteiger partial charge >= 0.3 is 0 Å². The fourth-order valence-electron chi connectivity index (χ4n) is 5.61. The van der Waals surface area contributed by atoms with Crippen LogP contribution in [0.15, 0.2) is 21.7 Å². The van der Waals surface area contributed by atoms with Crippen molar-refractivity contribution < 1.29 is 13.2 Å². The molecule has 2 saturated carbocycles. The van der Waals surface area contributed by atoms with Gasteiger partial charge in [0, 0.05) is 25.0 Å². The number of fused-ring (bicyclic) bond motifs is 2. The minimum atomic E-state index is -3.40. The minimum Gasteiger partial charge on any atom is -0.353 e. The zero-order valence-corrected chi connectivity index (χ0v) is 18.0. The molecule has 2 heterocycles. The molecular weight excluding hydrogens is 380 g/mol. The summed E-state index contributed by atoms with van der Waals surface area (Å²) in [7, 11) is -3.40. The van der Waals surface area contributed by atoms with Crippen molar-refractivity contribution in [3.05, 3.63) is 17.5 Å². The molecule has 7 heteroatoms. The first-order valence-corrected chi connectivity index (χ1v) is 12.3. The molecule has 27 heavy (non-hydrogen) atoms. The second-order valence-electron chi connectivity index (χ2n) is 9.28. The number of hydrogen-bond donors (Lipinski definition) is 1. The zero-order valence-electron chi connectivity index (χ0n) is 16.4. The quantitative estimate of drug-likeness (QED) is 0.826. The monoisotopic (exact) mass is 410 g/mol. The molecule has 3 unspecified atom stereocenters. The van der Waals surface area contributed by atoms with E-state index >= 15 is 0 Å². The van der Waals surface area contributed by atoms with Crippen LogP contribution in [0, 0.1) is 22.7 Å². The van der Waals surface area contributed by atoms with Gasteiger partial charge in [-0.2, -0.15) is 4.31 Å². The number of nitrogens with zero attached hydrogens (tertiary/aromatic N) is 1. The Labute approximate surface area is 166 Å². The first-order valence-electron chi connectivity index (χ1n) is 10.0. The van der Waals surface area contributed by atoms with Gasteiger partial charge in [-0.15, -0.1) is 11.3 Å². The first-order chi connectivity index (χ1) is 12.7. The van der Waals surface area contributed by atoms with Gasteiger partial charge in [0.1, 0.15) is 4.21 Å². The summed E-state index contributed by atoms with van der Waals surface area (Å²) in [5, 5.41) is 5.13. The molecule has 0 radical (unpaired) electrons. The van der Waals surface area contributed by atoms with E-state index < -0.39 is 10.0 Å². The summed E-state index contributed by atoms with van der Waals surface area (Å²) in [6, 6.07) is 3.66. The molecule has 2 aliphatic carbocycles. The van der Waals surface area contributed by atoms with Crippen molar-refractivity contribution in [2.45, 2.75) is 63.1 Å². The lowest BCUT2D eigenvalue weighted by molar-refractivity contribution is -0.127. The van der Waals surface area contributed by atoms with E-state index in [1.54, 1.807) is 17.5 Å². The summed E-state index contributed by atoms with van der Waals surface area (Å²) in [5.41, 5.74) is 0.458. The number of carbonyl (C=O) groups excluding carboxylic acids is 1. The highest BCUT2D eigenvalue weighted by Gasteiger charge is 2.61. The first kappa shape index (κ1) is 19.4. The Morgan fingerprint density at radius 2 is 1.93 bits per heavy atom. The molecule has 3 fully saturated rings. The third-order valence-corrected chi connectivity index (χ3v) is 11.3. The van der Waals surface area contributed by atoms with Gasteiger partial charge in [0.05, 0.1) is 0 Å². The van der Waals surface area contributed by atoms with Crippen LogP contribution in [0.1, 0.15) is 52.9 Å². The van der Waals surface area contributed by atoms with Gasteiger partial charge in [0.2, 0.25) is 5.91 Å². The van der Waals surface area contributed by atoms with Crippen molar-refractivity contribution in [3.8, 4) is 0 Å². The van der Waals surface area contributed by atoms with E-state index in [2.05, 4.69) is 26.1 Å². The Balaban J connectivity index is 1.36. The lowest BCUT2D eigenvalue weighted by Crippen LogP contribution is -2.50. The summed E-state index contributed by atoms with van der Waals surface area (Å²) in [6.45, 7) is 7.89. The molecule has 1 aromatic rings. The molecule has 4 rings (SSSR count). The van der Waals surface area contributed by atoms with Crippen molar-refractivity contribution in [1.29, 1.82) is 0 Å². The number of sulfonamides is 1. The maximum absolute atomic E-state index is 12.9. The molecule has 1 aliphatic heterocycles. The second-order valence-corrected chi connectivity index (χ2v) is 12.4. The summed E-state index contributed by atoms with van der Waals surface area (Å²) in [5.74, 6) is 0.744. The van der Waals surface area contributed by atoms with Gasteiger partial charge < -0.3 is 5.32 Å². The van der Waals surface area contributed by atoms with Crippen LogP contribution in [0.4, 0.5) is 0 Å². The van der Waals surface area contributed by atoms with Crippen LogP contribution < -0.4 is 5.32 Å². The lowest BCUT2D eigenvalue weighted by atomic mass is 9.69. The van der Waals surface area contributed by atoms with Gasteiger partial charge in [-0.3, -0.25) is 4.79 Å². The standard InChI is InChI=1S/C20H30N2O3S2/c1-19(2)15-6-9-20(19,3)16(13-15)21-18(23)14-7-10-22(11-8-14)27(24,25)17-5-4-12-26-17/h4-5,12,14-16H,6-11,13H2,1-3H3,(H,21,23). The second kappa shape index (κ2) is 6.56. The van der Waals surface area contributed by atoms with Gasteiger partial charge in [0.25, 0.3) is 10.0 Å². The Bertz CT molecular complexity index is 810. The van der Waals surface area contributed by atoms with E-state index in [-0.39, 0.29) is 28.7 Å². The van der Waals surface area contributed by atoms with Crippen molar-refractivity contribution >= 4 is 27.3 Å². The maximum atomic E-state index is 12.9. The summed E-state index contributed by atoms with van der Waals surface area (Å²) < 4.78 is 27.2. The highest BCUT2D eigenvalue weighted by molar-refractivity contribution is 7.91. The molecular formula is C20H30N2O3S2. The molecule has 3 aliphatic rings. The summed E-state index contributed by atoms with van der Waals surface area (Å²) >= 11 is 1.25. The highest BCUT2D eigenvalue weighted by Crippen LogP contribution is 2.65. The average Bonchev–Trinajstić information content (AvgIpc) is 3.29. The van der Waals surface area contributed by atoms with Crippen LogP contribution in [0.2, 0.25) is 0 Å². The minimum absolute atomic E-state index is 0.0781. The summed E-state index contributed by atoms with van der Waals surface area (Å²) in [6.07, 6.45) is 4.75. The average molecular weight is 411 g/mol. The number of thiophene rings is 1. The number of nitrogens with one attached hydrogen (secondary N) is 1. The molecule has 1 N–H and O–H groups in total. The predicted molar refractivity (Wildman–Crippen MR) is 107 cm³/mol. The number of piperidine rings is 1. The Hall–Kier alpha value is -0.920. The fraction of sp³-hybridized carbons (Fsp3) is 0.750. The van der Waals surface area contributed by atoms with Gasteiger partial charge in [-0.05, 0) is 60.3 Å². The van der Waals surface area contributed by atoms with Gasteiger partial charge in [-0.25, -0.2) is 8.42 Å². The lowest BCUT2D eigenvalue weighted by Gasteiger charge is -2.40. The van der Waals surface area contributed by atoms with Gasteiger partial charge in [0.15, 0.2) is 0 Å². The number of rotatable bonds is 4.